The predicted octanol–water partition coefficient (Wildman–Crippen LogP) is 3.63. The summed E-state index contributed by atoms with van der Waals surface area (Å²) in [6, 6.07) is 5.88. The number of hydrogen-bond acceptors (Lipinski definition) is 5. The molecule has 0 unspecified atom stereocenters. The van der Waals surface area contributed by atoms with Crippen LogP contribution < -0.4 is 20.2 Å². The molecule has 0 bridgehead atoms. The summed E-state index contributed by atoms with van der Waals surface area (Å²) in [7, 11) is 0. The van der Waals surface area contributed by atoms with Crippen LogP contribution in [0.3, 0.4) is 0 Å². The monoisotopic (exact) mass is 393 g/mol. The molecule has 1 aliphatic rings. The van der Waals surface area contributed by atoms with Crippen molar-refractivity contribution in [3.05, 3.63) is 23.8 Å². The zero-order valence-electron chi connectivity index (χ0n) is 16.5. The number of benzene rings is 1. The topological polar surface area (TPSA) is 64.1 Å². The zero-order chi connectivity index (χ0) is 19.5. The van der Waals surface area contributed by atoms with Crippen molar-refractivity contribution in [1.82, 2.24) is 10.7 Å². The fourth-order valence-electron chi connectivity index (χ4n) is 2.64. The summed E-state index contributed by atoms with van der Waals surface area (Å²) < 4.78 is 17.2. The van der Waals surface area contributed by atoms with Crippen molar-refractivity contribution in [3.63, 3.8) is 0 Å². The Labute approximate surface area is 167 Å². The first-order valence-electron chi connectivity index (χ1n) is 9.73. The van der Waals surface area contributed by atoms with E-state index in [1.54, 1.807) is 0 Å². The van der Waals surface area contributed by atoms with E-state index in [2.05, 4.69) is 29.7 Å². The maximum absolute atomic E-state index is 5.84. The van der Waals surface area contributed by atoms with Gasteiger partial charge in [0.15, 0.2) is 16.6 Å². The quantitative estimate of drug-likeness (QED) is 0.360. The first-order valence-corrected chi connectivity index (χ1v) is 10.1. The summed E-state index contributed by atoms with van der Waals surface area (Å²) in [5.41, 5.74) is 4.67. The van der Waals surface area contributed by atoms with Crippen molar-refractivity contribution >= 4 is 23.0 Å². The van der Waals surface area contributed by atoms with Gasteiger partial charge in [0, 0.05) is 18.7 Å². The molecule has 2 N–H and O–H groups in total. The van der Waals surface area contributed by atoms with Crippen LogP contribution in [0, 0.1) is 0 Å². The Balaban J connectivity index is 1.95. The molecule has 7 heteroatoms. The summed E-state index contributed by atoms with van der Waals surface area (Å²) >= 11 is 5.28. The first kappa shape index (κ1) is 21.4. The van der Waals surface area contributed by atoms with Crippen molar-refractivity contribution in [2.24, 2.45) is 5.10 Å². The standard InChI is InChI=1S/C20H31N3O3S/c1-4-10-25-18-9-8-16(13-19(18)26-11-5-2)15(3)22-23-20(27)21-14-17-7-6-12-24-17/h8-9,13,17H,4-7,10-12,14H2,1-3H3,(H2,21,23,27)/b22-15-/t17-/m0/s1. The van der Waals surface area contributed by atoms with Gasteiger partial charge in [0.1, 0.15) is 0 Å². The van der Waals surface area contributed by atoms with Gasteiger partial charge in [-0.15, -0.1) is 0 Å². The van der Waals surface area contributed by atoms with Crippen LogP contribution in [0.15, 0.2) is 23.3 Å². The van der Waals surface area contributed by atoms with E-state index in [0.717, 1.165) is 55.1 Å². The number of rotatable bonds is 10. The lowest BCUT2D eigenvalue weighted by Crippen LogP contribution is -2.37. The molecule has 27 heavy (non-hydrogen) atoms. The summed E-state index contributed by atoms with van der Waals surface area (Å²) in [4.78, 5) is 0. The van der Waals surface area contributed by atoms with Crippen molar-refractivity contribution in [3.8, 4) is 11.5 Å². The molecule has 1 aliphatic heterocycles. The van der Waals surface area contributed by atoms with Gasteiger partial charge in [-0.1, -0.05) is 13.8 Å². The molecule has 2 rings (SSSR count). The summed E-state index contributed by atoms with van der Waals surface area (Å²) in [6.07, 6.45) is 4.32. The molecule has 0 aromatic heterocycles. The minimum Gasteiger partial charge on any atom is -0.490 e. The number of hydrazone groups is 1. The normalized spacial score (nSPS) is 16.9. The van der Waals surface area contributed by atoms with E-state index in [1.165, 1.54) is 0 Å². The molecule has 1 fully saturated rings. The highest BCUT2D eigenvalue weighted by Gasteiger charge is 2.15. The van der Waals surface area contributed by atoms with E-state index >= 15 is 0 Å². The largest absolute Gasteiger partial charge is 0.490 e. The van der Waals surface area contributed by atoms with Gasteiger partial charge in [-0.25, -0.2) is 0 Å². The Morgan fingerprint density at radius 1 is 1.22 bits per heavy atom. The van der Waals surface area contributed by atoms with E-state index in [-0.39, 0.29) is 6.10 Å². The Morgan fingerprint density at radius 2 is 1.96 bits per heavy atom. The van der Waals surface area contributed by atoms with Crippen LogP contribution in [0.4, 0.5) is 0 Å². The van der Waals surface area contributed by atoms with Gasteiger partial charge < -0.3 is 19.5 Å². The van der Waals surface area contributed by atoms with Crippen molar-refractivity contribution in [2.75, 3.05) is 26.4 Å². The lowest BCUT2D eigenvalue weighted by Gasteiger charge is -2.14. The third kappa shape index (κ3) is 7.34. The molecule has 1 atom stereocenters. The molecule has 1 saturated heterocycles. The molecule has 1 heterocycles. The van der Waals surface area contributed by atoms with E-state index in [1.807, 2.05) is 25.1 Å². The molecule has 6 nitrogen and oxygen atoms in total. The second-order valence-electron chi connectivity index (χ2n) is 6.51. The van der Waals surface area contributed by atoms with Gasteiger partial charge in [0.25, 0.3) is 0 Å². The van der Waals surface area contributed by atoms with Gasteiger partial charge >= 0.3 is 0 Å². The fourth-order valence-corrected chi connectivity index (χ4v) is 2.77. The zero-order valence-corrected chi connectivity index (χ0v) is 17.4. The second-order valence-corrected chi connectivity index (χ2v) is 6.92. The predicted molar refractivity (Wildman–Crippen MR) is 113 cm³/mol. The van der Waals surface area contributed by atoms with Gasteiger partial charge in [0.05, 0.1) is 25.0 Å². The second kappa shape index (κ2) is 11.8. The van der Waals surface area contributed by atoms with Gasteiger partial charge in [-0.3, -0.25) is 5.43 Å². The molecular weight excluding hydrogens is 362 g/mol. The Bertz CT molecular complexity index is 631. The molecule has 0 saturated carbocycles. The van der Waals surface area contributed by atoms with Crippen LogP contribution in [0.25, 0.3) is 0 Å². The summed E-state index contributed by atoms with van der Waals surface area (Å²) in [5.74, 6) is 1.51. The van der Waals surface area contributed by atoms with Crippen LogP contribution in [0.1, 0.15) is 52.0 Å². The van der Waals surface area contributed by atoms with E-state index in [9.17, 15) is 0 Å². The average Bonchev–Trinajstić information content (AvgIpc) is 3.21. The van der Waals surface area contributed by atoms with Crippen molar-refractivity contribution < 1.29 is 14.2 Å². The highest BCUT2D eigenvalue weighted by Crippen LogP contribution is 2.29. The molecular formula is C20H31N3O3S. The smallest absolute Gasteiger partial charge is 0.187 e. The van der Waals surface area contributed by atoms with Gasteiger partial charge in [-0.05, 0) is 63.0 Å². The van der Waals surface area contributed by atoms with Crippen molar-refractivity contribution in [2.45, 2.75) is 52.6 Å². The van der Waals surface area contributed by atoms with E-state index in [0.29, 0.717) is 24.9 Å². The maximum atomic E-state index is 5.84. The Kier molecular flexibility index (Phi) is 9.35. The highest BCUT2D eigenvalue weighted by atomic mass is 32.1. The maximum Gasteiger partial charge on any atom is 0.187 e. The molecule has 0 spiro atoms. The van der Waals surface area contributed by atoms with E-state index < -0.39 is 0 Å². The molecule has 0 amide bonds. The highest BCUT2D eigenvalue weighted by molar-refractivity contribution is 7.80. The van der Waals surface area contributed by atoms with Crippen LogP contribution in [0.2, 0.25) is 0 Å². The molecule has 0 aliphatic carbocycles. The molecule has 1 aromatic rings. The Hall–Kier alpha value is -1.86. The number of hydrogen-bond donors (Lipinski definition) is 2. The number of nitrogens with zero attached hydrogens (tertiary/aromatic N) is 1. The SMILES string of the molecule is CCCOc1ccc(/C(C)=N\NC(=S)NC[C@@H]2CCCO2)cc1OCCC. The fraction of sp³-hybridized carbons (Fsp3) is 0.600. The third-order valence-electron chi connectivity index (χ3n) is 4.12. The van der Waals surface area contributed by atoms with Crippen LogP contribution in [-0.4, -0.2) is 43.3 Å². The lowest BCUT2D eigenvalue weighted by molar-refractivity contribution is 0.114. The number of thiocarbonyl (C=S) groups is 1. The molecule has 150 valence electrons. The van der Waals surface area contributed by atoms with Gasteiger partial charge in [0.2, 0.25) is 0 Å². The minimum atomic E-state index is 0.240. The van der Waals surface area contributed by atoms with Crippen LogP contribution >= 0.6 is 12.2 Å². The third-order valence-corrected chi connectivity index (χ3v) is 4.36. The van der Waals surface area contributed by atoms with Gasteiger partial charge in [-0.2, -0.15) is 5.10 Å². The lowest BCUT2D eigenvalue weighted by atomic mass is 10.1. The number of ether oxygens (including phenoxy) is 3. The first-order chi connectivity index (χ1) is 13.1. The minimum absolute atomic E-state index is 0.240. The van der Waals surface area contributed by atoms with Crippen molar-refractivity contribution in [1.29, 1.82) is 0 Å². The van der Waals surface area contributed by atoms with Crippen LogP contribution in [0.5, 0.6) is 11.5 Å². The van der Waals surface area contributed by atoms with E-state index in [4.69, 9.17) is 26.4 Å². The number of nitrogens with one attached hydrogen (secondary N) is 2. The molecule has 0 radical (unpaired) electrons. The molecule has 1 aromatic carbocycles. The Morgan fingerprint density at radius 3 is 2.63 bits per heavy atom. The average molecular weight is 394 g/mol. The summed E-state index contributed by atoms with van der Waals surface area (Å²) in [6.45, 7) is 8.96. The van der Waals surface area contributed by atoms with Crippen LogP contribution in [-0.2, 0) is 4.74 Å². The summed E-state index contributed by atoms with van der Waals surface area (Å²) in [5, 5.41) is 8.02.